The van der Waals surface area contributed by atoms with Gasteiger partial charge in [0, 0.05) is 12.6 Å². The number of benzene rings is 1. The molecule has 7 heteroatoms. The molecule has 0 bridgehead atoms. The van der Waals surface area contributed by atoms with Crippen LogP contribution in [0.2, 0.25) is 5.02 Å². The van der Waals surface area contributed by atoms with E-state index in [1.807, 2.05) is 18.7 Å². The van der Waals surface area contributed by atoms with Crippen LogP contribution in [0.3, 0.4) is 0 Å². The van der Waals surface area contributed by atoms with E-state index in [9.17, 15) is 9.59 Å². The number of ether oxygens (including phenoxy) is 3. The van der Waals surface area contributed by atoms with Crippen LogP contribution in [0.25, 0.3) is 0 Å². The number of halogens is 1. The third-order valence-corrected chi connectivity index (χ3v) is 5.99. The minimum atomic E-state index is -0.605. The molecule has 2 aliphatic rings. The summed E-state index contributed by atoms with van der Waals surface area (Å²) >= 11 is 6.27. The van der Waals surface area contributed by atoms with Gasteiger partial charge in [-0.2, -0.15) is 0 Å². The van der Waals surface area contributed by atoms with E-state index in [1.54, 1.807) is 0 Å². The van der Waals surface area contributed by atoms with E-state index in [0.29, 0.717) is 23.5 Å². The number of amides is 1. The molecule has 0 spiro atoms. The Morgan fingerprint density at radius 1 is 1.17 bits per heavy atom. The van der Waals surface area contributed by atoms with Crippen molar-refractivity contribution in [3.8, 4) is 11.5 Å². The first-order valence-corrected chi connectivity index (χ1v) is 10.8. The Morgan fingerprint density at radius 2 is 1.90 bits per heavy atom. The molecule has 3 rings (SSSR count). The Bertz CT molecular complexity index is 749. The smallest absolute Gasteiger partial charge is 0.338 e. The lowest BCUT2D eigenvalue weighted by Crippen LogP contribution is -2.50. The number of carbonyl (C=O) groups is 2. The van der Waals surface area contributed by atoms with Gasteiger partial charge < -0.3 is 19.1 Å². The standard InChI is InChI=1S/C22H30ClNO5/c1-14(2)29-21-17(23)11-16(12-19(21)27-3)22(26)28-13-20(25)24-10-6-8-15-7-4-5-9-18(15)24/h11-12,14-15,18H,4-10,13H2,1-3H3/t15-,18+/m0/s1. The first-order chi connectivity index (χ1) is 13.9. The SMILES string of the molecule is COc1cc(C(=O)OCC(=O)N2CCC[C@@H]3CCCC[C@H]32)cc(Cl)c1OC(C)C. The molecule has 1 amide bonds. The molecule has 1 aliphatic heterocycles. The highest BCUT2D eigenvalue weighted by Gasteiger charge is 2.35. The molecule has 1 saturated carbocycles. The van der Waals surface area contributed by atoms with Crippen LogP contribution in [0, 0.1) is 5.92 Å². The van der Waals surface area contributed by atoms with E-state index < -0.39 is 5.97 Å². The highest BCUT2D eigenvalue weighted by atomic mass is 35.5. The molecular weight excluding hydrogens is 394 g/mol. The monoisotopic (exact) mass is 423 g/mol. The van der Waals surface area contributed by atoms with Gasteiger partial charge in [0.2, 0.25) is 0 Å². The van der Waals surface area contributed by atoms with Crippen molar-refractivity contribution < 1.29 is 23.8 Å². The summed E-state index contributed by atoms with van der Waals surface area (Å²) in [5, 5.41) is 0.261. The van der Waals surface area contributed by atoms with Gasteiger partial charge in [-0.15, -0.1) is 0 Å². The molecular formula is C22H30ClNO5. The third-order valence-electron chi connectivity index (χ3n) is 5.71. The van der Waals surface area contributed by atoms with Gasteiger partial charge >= 0.3 is 5.97 Å². The molecule has 1 heterocycles. The average molecular weight is 424 g/mol. The van der Waals surface area contributed by atoms with Crippen molar-refractivity contribution in [2.45, 2.75) is 64.5 Å². The lowest BCUT2D eigenvalue weighted by Gasteiger charge is -2.44. The lowest BCUT2D eigenvalue weighted by atomic mass is 9.78. The zero-order valence-electron chi connectivity index (χ0n) is 17.4. The van der Waals surface area contributed by atoms with Crippen LogP contribution < -0.4 is 9.47 Å². The average Bonchev–Trinajstić information content (AvgIpc) is 2.72. The Balaban J connectivity index is 1.64. The molecule has 0 aromatic heterocycles. The van der Waals surface area contributed by atoms with Crippen molar-refractivity contribution in [1.29, 1.82) is 0 Å². The highest BCUT2D eigenvalue weighted by molar-refractivity contribution is 6.32. The molecule has 1 aromatic carbocycles. The van der Waals surface area contributed by atoms with Gasteiger partial charge in [-0.05, 0) is 57.6 Å². The molecule has 2 atom stereocenters. The topological polar surface area (TPSA) is 65.1 Å². The van der Waals surface area contributed by atoms with Crippen LogP contribution in [0.1, 0.15) is 62.7 Å². The summed E-state index contributed by atoms with van der Waals surface area (Å²) in [5.41, 5.74) is 0.227. The molecule has 1 aliphatic carbocycles. The molecule has 1 aromatic rings. The quantitative estimate of drug-likeness (QED) is 0.631. The third kappa shape index (κ3) is 5.16. The number of hydrogen-bond acceptors (Lipinski definition) is 5. The molecule has 160 valence electrons. The number of fused-ring (bicyclic) bond motifs is 1. The minimum Gasteiger partial charge on any atom is -0.493 e. The van der Waals surface area contributed by atoms with Crippen LogP contribution in [0.15, 0.2) is 12.1 Å². The summed E-state index contributed by atoms with van der Waals surface area (Å²) in [7, 11) is 1.48. The van der Waals surface area contributed by atoms with E-state index in [-0.39, 0.29) is 29.2 Å². The molecule has 6 nitrogen and oxygen atoms in total. The van der Waals surface area contributed by atoms with E-state index in [1.165, 1.54) is 38.5 Å². The molecule has 0 radical (unpaired) electrons. The normalized spacial score (nSPS) is 21.5. The van der Waals surface area contributed by atoms with Crippen molar-refractivity contribution in [3.05, 3.63) is 22.7 Å². The van der Waals surface area contributed by atoms with Crippen molar-refractivity contribution in [2.24, 2.45) is 5.92 Å². The maximum absolute atomic E-state index is 12.7. The van der Waals surface area contributed by atoms with Crippen LogP contribution in [0.4, 0.5) is 0 Å². The zero-order chi connectivity index (χ0) is 21.0. The van der Waals surface area contributed by atoms with Crippen molar-refractivity contribution in [3.63, 3.8) is 0 Å². The number of rotatable bonds is 6. The molecule has 0 N–H and O–H groups in total. The van der Waals surface area contributed by atoms with Gasteiger partial charge in [0.05, 0.1) is 23.8 Å². The first-order valence-electron chi connectivity index (χ1n) is 10.4. The Hall–Kier alpha value is -1.95. The number of likely N-dealkylation sites (tertiary alicyclic amines) is 1. The fraction of sp³-hybridized carbons (Fsp3) is 0.636. The lowest BCUT2D eigenvalue weighted by molar-refractivity contribution is -0.140. The second-order valence-electron chi connectivity index (χ2n) is 8.07. The predicted octanol–water partition coefficient (Wildman–Crippen LogP) is 4.47. The van der Waals surface area contributed by atoms with Gasteiger partial charge in [-0.3, -0.25) is 4.79 Å². The maximum Gasteiger partial charge on any atom is 0.338 e. The predicted molar refractivity (Wildman–Crippen MR) is 111 cm³/mol. The molecule has 0 unspecified atom stereocenters. The fourth-order valence-electron chi connectivity index (χ4n) is 4.42. The molecule has 29 heavy (non-hydrogen) atoms. The second-order valence-corrected chi connectivity index (χ2v) is 8.48. The van der Waals surface area contributed by atoms with Gasteiger partial charge in [0.15, 0.2) is 18.1 Å². The van der Waals surface area contributed by atoms with Crippen LogP contribution >= 0.6 is 11.6 Å². The maximum atomic E-state index is 12.7. The Morgan fingerprint density at radius 3 is 2.62 bits per heavy atom. The van der Waals surface area contributed by atoms with Gasteiger partial charge in [0.1, 0.15) is 0 Å². The molecule has 2 fully saturated rings. The molecule has 1 saturated heterocycles. The van der Waals surface area contributed by atoms with Crippen molar-refractivity contribution >= 4 is 23.5 Å². The number of esters is 1. The number of carbonyl (C=O) groups excluding carboxylic acids is 2. The summed E-state index contributed by atoms with van der Waals surface area (Å²) in [4.78, 5) is 27.2. The van der Waals surface area contributed by atoms with Crippen LogP contribution in [-0.4, -0.2) is 49.2 Å². The summed E-state index contributed by atoms with van der Waals surface area (Å²) < 4.78 is 16.3. The van der Waals surface area contributed by atoms with E-state index in [4.69, 9.17) is 25.8 Å². The van der Waals surface area contributed by atoms with Crippen LogP contribution in [-0.2, 0) is 9.53 Å². The van der Waals surface area contributed by atoms with Gasteiger partial charge in [-0.1, -0.05) is 24.4 Å². The minimum absolute atomic E-state index is 0.0926. The van der Waals surface area contributed by atoms with Crippen LogP contribution in [0.5, 0.6) is 11.5 Å². The summed E-state index contributed by atoms with van der Waals surface area (Å²) in [6.45, 7) is 4.24. The number of methoxy groups -OCH3 is 1. The fourth-order valence-corrected chi connectivity index (χ4v) is 4.67. The summed E-state index contributed by atoms with van der Waals surface area (Å²) in [5.74, 6) is 0.604. The number of nitrogens with zero attached hydrogens (tertiary/aromatic N) is 1. The number of hydrogen-bond donors (Lipinski definition) is 0. The zero-order valence-corrected chi connectivity index (χ0v) is 18.2. The largest absolute Gasteiger partial charge is 0.493 e. The van der Waals surface area contributed by atoms with Crippen molar-refractivity contribution in [2.75, 3.05) is 20.3 Å². The summed E-state index contributed by atoms with van der Waals surface area (Å²) in [6, 6.07) is 3.30. The van der Waals surface area contributed by atoms with E-state index in [0.717, 1.165) is 25.8 Å². The second kappa shape index (κ2) is 9.70. The first kappa shape index (κ1) is 21.8. The van der Waals surface area contributed by atoms with Crippen molar-refractivity contribution in [1.82, 2.24) is 4.90 Å². The van der Waals surface area contributed by atoms with Gasteiger partial charge in [0.25, 0.3) is 5.91 Å². The Kier molecular flexibility index (Phi) is 7.28. The summed E-state index contributed by atoms with van der Waals surface area (Å²) in [6.07, 6.45) is 6.77. The number of piperidine rings is 1. The van der Waals surface area contributed by atoms with E-state index in [2.05, 4.69) is 0 Å². The Labute approximate surface area is 177 Å². The highest BCUT2D eigenvalue weighted by Crippen LogP contribution is 2.38. The van der Waals surface area contributed by atoms with E-state index >= 15 is 0 Å². The van der Waals surface area contributed by atoms with Gasteiger partial charge in [-0.25, -0.2) is 4.79 Å².